The first kappa shape index (κ1) is 21.6. The Morgan fingerprint density at radius 2 is 1.97 bits per heavy atom. The molecule has 2 aromatic carbocycles. The average molecular weight is 430 g/mol. The first-order valence-electron chi connectivity index (χ1n) is 10.8. The van der Waals surface area contributed by atoms with Crippen molar-refractivity contribution in [1.29, 1.82) is 0 Å². The quantitative estimate of drug-likeness (QED) is 0.579. The Morgan fingerprint density at radius 1 is 1.22 bits per heavy atom. The largest absolute Gasteiger partial charge is 0.344 e. The van der Waals surface area contributed by atoms with Gasteiger partial charge in [-0.3, -0.25) is 24.6 Å². The van der Waals surface area contributed by atoms with Crippen molar-refractivity contribution in [2.75, 3.05) is 16.8 Å². The number of hydrogen-bond acceptors (Lipinski definition) is 4. The second-order valence-corrected chi connectivity index (χ2v) is 8.31. The summed E-state index contributed by atoms with van der Waals surface area (Å²) in [5.41, 5.74) is 6.63. The summed E-state index contributed by atoms with van der Waals surface area (Å²) in [6.07, 6.45) is 1.37. The lowest BCUT2D eigenvalue weighted by atomic mass is 9.98. The maximum absolute atomic E-state index is 13.2. The van der Waals surface area contributed by atoms with Crippen LogP contribution < -0.4 is 15.1 Å². The van der Waals surface area contributed by atoms with E-state index in [9.17, 15) is 14.4 Å². The highest BCUT2D eigenvalue weighted by atomic mass is 16.2. The molecule has 0 aliphatic carbocycles. The number of hydrogen-bond donors (Lipinski definition) is 1. The summed E-state index contributed by atoms with van der Waals surface area (Å²) >= 11 is 0. The van der Waals surface area contributed by atoms with Gasteiger partial charge in [-0.25, -0.2) is 0 Å². The van der Waals surface area contributed by atoms with Crippen LogP contribution in [0.15, 0.2) is 49.6 Å². The van der Waals surface area contributed by atoms with E-state index in [1.165, 1.54) is 16.0 Å². The van der Waals surface area contributed by atoms with E-state index in [4.69, 9.17) is 0 Å². The zero-order valence-electron chi connectivity index (χ0n) is 18.7. The molecule has 1 unspecified atom stereocenters. The minimum Gasteiger partial charge on any atom is -0.344 e. The van der Waals surface area contributed by atoms with Crippen LogP contribution in [0, 0.1) is 6.92 Å². The molecule has 0 saturated carbocycles. The molecule has 0 bridgehead atoms. The van der Waals surface area contributed by atoms with Gasteiger partial charge in [-0.15, -0.1) is 0 Å². The predicted molar refractivity (Wildman–Crippen MR) is 127 cm³/mol. The van der Waals surface area contributed by atoms with Crippen molar-refractivity contribution in [2.45, 2.75) is 39.2 Å². The van der Waals surface area contributed by atoms with Gasteiger partial charge in [0.1, 0.15) is 6.04 Å². The van der Waals surface area contributed by atoms with Crippen molar-refractivity contribution in [2.24, 2.45) is 0 Å². The van der Waals surface area contributed by atoms with E-state index in [0.717, 1.165) is 23.4 Å². The average Bonchev–Trinajstić information content (AvgIpc) is 3.03. The van der Waals surface area contributed by atoms with E-state index in [-0.39, 0.29) is 24.7 Å². The Balaban J connectivity index is 1.75. The third kappa shape index (κ3) is 3.42. The van der Waals surface area contributed by atoms with E-state index >= 15 is 0 Å². The minimum atomic E-state index is -0.733. The van der Waals surface area contributed by atoms with Crippen LogP contribution in [0.4, 0.5) is 11.4 Å². The molecular weight excluding hydrogens is 402 g/mol. The summed E-state index contributed by atoms with van der Waals surface area (Å²) in [7, 11) is 1.96. The van der Waals surface area contributed by atoms with Crippen LogP contribution in [-0.2, 0) is 20.8 Å². The molecule has 1 N–H and O–H groups in total. The highest BCUT2D eigenvalue weighted by Gasteiger charge is 2.42. The molecule has 1 atom stereocenters. The molecule has 164 valence electrons. The number of nitrogens with one attached hydrogen (secondary N) is 1. The topological polar surface area (TPSA) is 69.7 Å². The first-order valence-corrected chi connectivity index (χ1v) is 10.8. The lowest BCUT2D eigenvalue weighted by Crippen LogP contribution is -2.53. The van der Waals surface area contributed by atoms with E-state index < -0.39 is 11.9 Å². The normalized spacial score (nSPS) is 18.0. The standard InChI is InChI=1S/C26H27N3O3/c1-6-18-14-15(2)10-11-20(18)28(5)17(4)19-8-7-9-21-24(19)16(3)26(32)29(21)22-12-13-23(30)27-25(22)31/h7-11,14,22H,3-4,6,12-13H2,1-2,5H3,(H,27,30,31). The molecule has 3 amide bonds. The lowest BCUT2D eigenvalue weighted by Gasteiger charge is -2.30. The number of imide groups is 1. The number of aryl methyl sites for hydroxylation is 2. The summed E-state index contributed by atoms with van der Waals surface area (Å²) in [6, 6.07) is 11.2. The highest BCUT2D eigenvalue weighted by Crippen LogP contribution is 2.43. The van der Waals surface area contributed by atoms with Gasteiger partial charge in [-0.1, -0.05) is 49.9 Å². The molecule has 0 radical (unpaired) electrons. The summed E-state index contributed by atoms with van der Waals surface area (Å²) < 4.78 is 0. The third-order valence-corrected chi connectivity index (χ3v) is 6.30. The van der Waals surface area contributed by atoms with E-state index in [1.54, 1.807) is 0 Å². The maximum Gasteiger partial charge on any atom is 0.259 e. The van der Waals surface area contributed by atoms with Gasteiger partial charge in [0, 0.05) is 41.6 Å². The third-order valence-electron chi connectivity index (χ3n) is 6.30. The van der Waals surface area contributed by atoms with E-state index in [0.29, 0.717) is 16.8 Å². The number of carbonyl (C=O) groups is 3. The van der Waals surface area contributed by atoms with Crippen molar-refractivity contribution in [1.82, 2.24) is 5.32 Å². The van der Waals surface area contributed by atoms with Crippen molar-refractivity contribution in [3.63, 3.8) is 0 Å². The summed E-state index contributed by atoms with van der Waals surface area (Å²) in [5, 5.41) is 2.34. The van der Waals surface area contributed by atoms with Gasteiger partial charge in [0.2, 0.25) is 11.8 Å². The van der Waals surface area contributed by atoms with Crippen LogP contribution in [0.3, 0.4) is 0 Å². The molecule has 2 aliphatic heterocycles. The Morgan fingerprint density at radius 3 is 2.66 bits per heavy atom. The molecule has 0 aromatic heterocycles. The molecular formula is C26H27N3O3. The summed E-state index contributed by atoms with van der Waals surface area (Å²) in [6.45, 7) is 12.6. The smallest absolute Gasteiger partial charge is 0.259 e. The molecule has 6 heteroatoms. The molecule has 6 nitrogen and oxygen atoms in total. The summed E-state index contributed by atoms with van der Waals surface area (Å²) in [5.74, 6) is -1.09. The van der Waals surface area contributed by atoms with Gasteiger partial charge < -0.3 is 4.90 Å². The Kier molecular flexibility index (Phi) is 5.46. The number of piperidine rings is 1. The van der Waals surface area contributed by atoms with Crippen LogP contribution in [0.1, 0.15) is 42.0 Å². The van der Waals surface area contributed by atoms with Crippen LogP contribution in [0.5, 0.6) is 0 Å². The van der Waals surface area contributed by atoms with Crippen molar-refractivity contribution < 1.29 is 14.4 Å². The number of carbonyl (C=O) groups excluding carboxylic acids is 3. The van der Waals surface area contributed by atoms with Crippen LogP contribution in [0.2, 0.25) is 0 Å². The Labute approximate surface area is 188 Å². The number of anilines is 2. The predicted octanol–water partition coefficient (Wildman–Crippen LogP) is 3.83. The number of rotatable bonds is 5. The number of nitrogens with zero attached hydrogens (tertiary/aromatic N) is 2. The van der Waals surface area contributed by atoms with Gasteiger partial charge in [0.05, 0.1) is 5.69 Å². The fraction of sp³-hybridized carbons (Fsp3) is 0.269. The number of amides is 3. The first-order chi connectivity index (χ1) is 15.2. The van der Waals surface area contributed by atoms with Crippen LogP contribution >= 0.6 is 0 Å². The zero-order chi connectivity index (χ0) is 23.2. The van der Waals surface area contributed by atoms with Gasteiger partial charge >= 0.3 is 0 Å². The summed E-state index contributed by atoms with van der Waals surface area (Å²) in [4.78, 5) is 40.7. The van der Waals surface area contributed by atoms with Crippen molar-refractivity contribution in [3.8, 4) is 0 Å². The van der Waals surface area contributed by atoms with Gasteiger partial charge in [0.25, 0.3) is 5.91 Å². The second-order valence-electron chi connectivity index (χ2n) is 8.31. The zero-order valence-corrected chi connectivity index (χ0v) is 18.7. The molecule has 32 heavy (non-hydrogen) atoms. The molecule has 2 aliphatic rings. The number of fused-ring (bicyclic) bond motifs is 1. The molecule has 4 rings (SSSR count). The van der Waals surface area contributed by atoms with Crippen LogP contribution in [-0.4, -0.2) is 30.8 Å². The monoisotopic (exact) mass is 429 g/mol. The van der Waals surface area contributed by atoms with Crippen LogP contribution in [0.25, 0.3) is 11.3 Å². The molecule has 1 fully saturated rings. The molecule has 1 saturated heterocycles. The second kappa shape index (κ2) is 8.11. The Hall–Kier alpha value is -3.67. The minimum absolute atomic E-state index is 0.199. The van der Waals surface area contributed by atoms with E-state index in [2.05, 4.69) is 50.5 Å². The number of benzene rings is 2. The van der Waals surface area contributed by atoms with Crippen molar-refractivity contribution >= 4 is 40.4 Å². The van der Waals surface area contributed by atoms with E-state index in [1.807, 2.05) is 30.1 Å². The SMILES string of the molecule is C=C1C(=O)N(C2CCC(=O)NC2=O)c2cccc(C(=C)N(C)c3ccc(C)cc3CC)c21. The molecule has 2 heterocycles. The molecule has 2 aromatic rings. The van der Waals surface area contributed by atoms with Crippen molar-refractivity contribution in [3.05, 3.63) is 71.8 Å². The van der Waals surface area contributed by atoms with Gasteiger partial charge in [0.15, 0.2) is 0 Å². The Bertz CT molecular complexity index is 1180. The maximum atomic E-state index is 13.2. The fourth-order valence-corrected chi connectivity index (χ4v) is 4.55. The lowest BCUT2D eigenvalue weighted by molar-refractivity contribution is -0.135. The fourth-order valence-electron chi connectivity index (χ4n) is 4.55. The highest BCUT2D eigenvalue weighted by molar-refractivity contribution is 6.34. The molecule has 0 spiro atoms. The van der Waals surface area contributed by atoms with Gasteiger partial charge in [-0.05, 0) is 37.5 Å². The van der Waals surface area contributed by atoms with Gasteiger partial charge in [-0.2, -0.15) is 0 Å².